The highest BCUT2D eigenvalue weighted by atomic mass is 15.4. The summed E-state index contributed by atoms with van der Waals surface area (Å²) >= 11 is 0. The summed E-state index contributed by atoms with van der Waals surface area (Å²) in [4.78, 5) is 0. The van der Waals surface area contributed by atoms with Crippen LogP contribution in [0.15, 0.2) is 0 Å². The maximum Gasteiger partial charge on any atom is 0.0826 e. The molecule has 0 fully saturated rings. The van der Waals surface area contributed by atoms with Gasteiger partial charge in [0.2, 0.25) is 0 Å². The van der Waals surface area contributed by atoms with Gasteiger partial charge in [0.05, 0.1) is 12.6 Å². The van der Waals surface area contributed by atoms with Crippen LogP contribution in [0.1, 0.15) is 27.2 Å². The van der Waals surface area contributed by atoms with Crippen molar-refractivity contribution in [3.8, 4) is 0 Å². The molecule has 50 valence electrons. The van der Waals surface area contributed by atoms with Crippen LogP contribution < -0.4 is 5.01 Å². The van der Waals surface area contributed by atoms with Crippen LogP contribution in [0, 0.1) is 0 Å². The maximum absolute atomic E-state index is 7.30. The first kappa shape index (κ1) is 7.92. The van der Waals surface area contributed by atoms with Crippen molar-refractivity contribution >= 4 is 0 Å². The zero-order valence-electron chi connectivity index (χ0n) is 6.21. The average Bonchev–Trinajstić information content (AvgIpc) is 1.67. The van der Waals surface area contributed by atoms with E-state index in [1.165, 1.54) is 0 Å². The Morgan fingerprint density at radius 3 is 1.88 bits per heavy atom. The van der Waals surface area contributed by atoms with E-state index in [0.717, 1.165) is 11.4 Å². The normalized spacial score (nSPS) is 16.1. The molecule has 0 rings (SSSR count). The number of rotatable bonds is 2. The third-order valence-electron chi connectivity index (χ3n) is 1.90. The quantitative estimate of drug-likeness (QED) is 0.513. The van der Waals surface area contributed by atoms with E-state index in [0.29, 0.717) is 0 Å². The second-order valence-corrected chi connectivity index (χ2v) is 2.86. The average molecular weight is 116 g/mol. The molecule has 1 atom stereocenters. The molecule has 0 bridgehead atoms. The van der Waals surface area contributed by atoms with Gasteiger partial charge in [0.25, 0.3) is 0 Å². The van der Waals surface area contributed by atoms with Crippen LogP contribution in [0.4, 0.5) is 0 Å². The van der Waals surface area contributed by atoms with Crippen LogP contribution in [0.3, 0.4) is 0 Å². The Bertz CT molecular complexity index is 66.9. The molecule has 0 saturated carbocycles. The van der Waals surface area contributed by atoms with Gasteiger partial charge in [0, 0.05) is 0 Å². The Labute approximate surface area is 51.6 Å². The first-order valence-electron chi connectivity index (χ1n) is 3.06. The molecule has 0 heterocycles. The molecule has 0 aliphatic carbocycles. The van der Waals surface area contributed by atoms with Crippen LogP contribution in [0.25, 0.3) is 5.84 Å². The minimum atomic E-state index is 0.125. The Morgan fingerprint density at radius 2 is 1.88 bits per heavy atom. The summed E-state index contributed by atoms with van der Waals surface area (Å²) in [7, 11) is 1.86. The third-order valence-corrected chi connectivity index (χ3v) is 1.90. The van der Waals surface area contributed by atoms with E-state index >= 15 is 0 Å². The van der Waals surface area contributed by atoms with Gasteiger partial charge < -0.3 is 10.9 Å². The van der Waals surface area contributed by atoms with Crippen LogP contribution in [-0.4, -0.2) is 12.6 Å². The molecule has 0 aliphatic heterocycles. The summed E-state index contributed by atoms with van der Waals surface area (Å²) in [6.07, 6.45) is 1.06. The molecule has 0 aliphatic rings. The Hall–Kier alpha value is -0.0800. The van der Waals surface area contributed by atoms with Gasteiger partial charge in [-0.2, -0.15) is 0 Å². The first-order chi connectivity index (χ1) is 3.50. The fourth-order valence-electron chi connectivity index (χ4n) is 0.265. The predicted molar refractivity (Wildman–Crippen MR) is 35.6 cm³/mol. The van der Waals surface area contributed by atoms with Gasteiger partial charge >= 0.3 is 0 Å². The summed E-state index contributed by atoms with van der Waals surface area (Å²) in [6.45, 7) is 6.29. The van der Waals surface area contributed by atoms with Crippen molar-refractivity contribution in [2.24, 2.45) is 0 Å². The number of hydrogen-bond acceptors (Lipinski definition) is 0. The van der Waals surface area contributed by atoms with Crippen molar-refractivity contribution in [3.05, 3.63) is 5.84 Å². The van der Waals surface area contributed by atoms with E-state index in [1.54, 1.807) is 0 Å². The lowest BCUT2D eigenvalue weighted by Crippen LogP contribution is -3.10. The molecule has 0 saturated heterocycles. The molecule has 0 amide bonds. The monoisotopic (exact) mass is 116 g/mol. The van der Waals surface area contributed by atoms with Crippen LogP contribution in [0.2, 0.25) is 0 Å². The summed E-state index contributed by atoms with van der Waals surface area (Å²) in [5.41, 5.74) is 0.125. The Morgan fingerprint density at radius 1 is 1.50 bits per heavy atom. The minimum absolute atomic E-state index is 0.125. The minimum Gasteiger partial charge on any atom is -0.469 e. The smallest absolute Gasteiger partial charge is 0.0826 e. The molecule has 8 heavy (non-hydrogen) atoms. The molecule has 2 heteroatoms. The van der Waals surface area contributed by atoms with Crippen molar-refractivity contribution in [1.82, 2.24) is 0 Å². The van der Waals surface area contributed by atoms with Crippen molar-refractivity contribution in [2.45, 2.75) is 32.7 Å². The molecule has 2 N–H and O–H groups in total. The third kappa shape index (κ3) is 1.80. The summed E-state index contributed by atoms with van der Waals surface area (Å²) < 4.78 is 0. The number of quaternary nitrogens is 1. The van der Waals surface area contributed by atoms with Crippen molar-refractivity contribution in [2.75, 3.05) is 7.05 Å². The molecular formula is C6H16N2. The van der Waals surface area contributed by atoms with Crippen molar-refractivity contribution in [3.63, 3.8) is 0 Å². The van der Waals surface area contributed by atoms with Crippen LogP contribution in [0.5, 0.6) is 0 Å². The second-order valence-electron chi connectivity index (χ2n) is 2.86. The van der Waals surface area contributed by atoms with E-state index in [-0.39, 0.29) is 5.54 Å². The van der Waals surface area contributed by atoms with Gasteiger partial charge in [-0.3, -0.25) is 0 Å². The largest absolute Gasteiger partial charge is 0.469 e. The van der Waals surface area contributed by atoms with Crippen LogP contribution >= 0.6 is 0 Å². The lowest BCUT2D eigenvalue weighted by molar-refractivity contribution is -0.881. The molecule has 0 radical (unpaired) electrons. The predicted octanol–water partition coefficient (Wildman–Crippen LogP) is 0.657. The van der Waals surface area contributed by atoms with Gasteiger partial charge in [0.1, 0.15) is 0 Å². The summed E-state index contributed by atoms with van der Waals surface area (Å²) in [5, 5.41) is 0.778. The lowest BCUT2D eigenvalue weighted by Gasteiger charge is -2.33. The highest BCUT2D eigenvalue weighted by Crippen LogP contribution is 1.99. The molecule has 0 aromatic rings. The zero-order chi connectivity index (χ0) is 6.78. The van der Waals surface area contributed by atoms with Gasteiger partial charge in [-0.15, -0.1) is 0 Å². The van der Waals surface area contributed by atoms with Gasteiger partial charge in [0.15, 0.2) is 0 Å². The molecule has 0 spiro atoms. The SMILES string of the molecule is CCC(C)(C)[NH+](C)[NH-]. The highest BCUT2D eigenvalue weighted by Gasteiger charge is 2.17. The van der Waals surface area contributed by atoms with E-state index in [4.69, 9.17) is 5.84 Å². The molecule has 0 aromatic carbocycles. The molecular weight excluding hydrogens is 100 g/mol. The van der Waals surface area contributed by atoms with E-state index in [2.05, 4.69) is 20.8 Å². The summed E-state index contributed by atoms with van der Waals surface area (Å²) in [5.74, 6) is 7.30. The first-order valence-corrected chi connectivity index (χ1v) is 3.06. The second kappa shape index (κ2) is 2.46. The highest BCUT2D eigenvalue weighted by molar-refractivity contribution is 4.61. The van der Waals surface area contributed by atoms with E-state index < -0.39 is 0 Å². The van der Waals surface area contributed by atoms with Crippen molar-refractivity contribution in [1.29, 1.82) is 0 Å². The lowest BCUT2D eigenvalue weighted by atomic mass is 10.0. The fraction of sp³-hybridized carbons (Fsp3) is 1.00. The van der Waals surface area contributed by atoms with E-state index in [9.17, 15) is 0 Å². The zero-order valence-corrected chi connectivity index (χ0v) is 6.21. The standard InChI is InChI=1S/C6H16N2/c1-5-6(2,3)8(4)7/h7-8H,5H2,1-4H3. The van der Waals surface area contributed by atoms with Gasteiger partial charge in [-0.1, -0.05) is 6.92 Å². The number of nitrogens with one attached hydrogen (secondary N) is 2. The summed E-state index contributed by atoms with van der Waals surface area (Å²) in [6, 6.07) is 0. The topological polar surface area (TPSA) is 28.2 Å². The van der Waals surface area contributed by atoms with Gasteiger partial charge in [-0.25, -0.2) is 0 Å². The van der Waals surface area contributed by atoms with E-state index in [1.807, 2.05) is 7.05 Å². The molecule has 0 aromatic heterocycles. The maximum atomic E-state index is 7.30. The molecule has 1 unspecified atom stereocenters. The fourth-order valence-corrected chi connectivity index (χ4v) is 0.265. The Kier molecular flexibility index (Phi) is 2.44. The van der Waals surface area contributed by atoms with Crippen LogP contribution in [-0.2, 0) is 0 Å². The Balaban J connectivity index is 3.71. The van der Waals surface area contributed by atoms with Gasteiger partial charge in [-0.05, 0) is 20.3 Å². The number of hydrogen-bond donors (Lipinski definition) is 1. The van der Waals surface area contributed by atoms with Crippen molar-refractivity contribution < 1.29 is 5.01 Å². The molecule has 2 nitrogen and oxygen atoms in total.